The number of benzene rings is 1. The molecule has 1 aliphatic heterocycles. The van der Waals surface area contributed by atoms with Crippen molar-refractivity contribution < 1.29 is 14.6 Å². The average Bonchev–Trinajstić information content (AvgIpc) is 3.19. The van der Waals surface area contributed by atoms with Gasteiger partial charge in [-0.3, -0.25) is 4.79 Å². The number of halogens is 1. The van der Waals surface area contributed by atoms with Crippen molar-refractivity contribution in [2.75, 3.05) is 13.2 Å². The fourth-order valence-corrected chi connectivity index (χ4v) is 3.11. The van der Waals surface area contributed by atoms with Gasteiger partial charge < -0.3 is 19.7 Å². The number of H-pyrrole nitrogens is 1. The molecule has 1 aliphatic rings. The molecule has 1 fully saturated rings. The quantitative estimate of drug-likeness (QED) is 0.838. The number of carbonyl (C=O) groups excluding carboxylic acids is 1. The maximum Gasteiger partial charge on any atom is 0.270 e. The highest BCUT2D eigenvalue weighted by Crippen LogP contribution is 2.22. The van der Waals surface area contributed by atoms with E-state index in [4.69, 9.17) is 4.74 Å². The van der Waals surface area contributed by atoms with Gasteiger partial charge in [0.1, 0.15) is 11.4 Å². The molecule has 2 N–H and O–H groups in total. The first-order chi connectivity index (χ1) is 11.1. The summed E-state index contributed by atoms with van der Waals surface area (Å²) in [5.41, 5.74) is 1.25. The van der Waals surface area contributed by atoms with E-state index < -0.39 is 0 Å². The molecule has 1 atom stereocenters. The SMILES string of the molecule is O=C(c1cc(Br)c[nH]1)N(Cc1ccccc1O)CC1CCCO1. The van der Waals surface area contributed by atoms with Crippen LogP contribution < -0.4 is 0 Å². The minimum Gasteiger partial charge on any atom is -0.508 e. The van der Waals surface area contributed by atoms with Crippen molar-refractivity contribution >= 4 is 21.8 Å². The zero-order chi connectivity index (χ0) is 16.2. The lowest BCUT2D eigenvalue weighted by Crippen LogP contribution is -2.37. The van der Waals surface area contributed by atoms with E-state index in [1.165, 1.54) is 0 Å². The molecule has 0 aliphatic carbocycles. The summed E-state index contributed by atoms with van der Waals surface area (Å²) in [4.78, 5) is 17.5. The Kier molecular flexibility index (Phi) is 5.03. The van der Waals surface area contributed by atoms with Crippen LogP contribution in [-0.4, -0.2) is 40.2 Å². The Hall–Kier alpha value is -1.79. The van der Waals surface area contributed by atoms with E-state index in [9.17, 15) is 9.90 Å². The van der Waals surface area contributed by atoms with Gasteiger partial charge in [-0.15, -0.1) is 0 Å². The van der Waals surface area contributed by atoms with Crippen LogP contribution in [0.1, 0.15) is 28.9 Å². The maximum atomic E-state index is 12.8. The first kappa shape index (κ1) is 16.1. The smallest absolute Gasteiger partial charge is 0.270 e. The van der Waals surface area contributed by atoms with E-state index in [0.29, 0.717) is 18.8 Å². The zero-order valence-electron chi connectivity index (χ0n) is 12.7. The molecule has 5 nitrogen and oxygen atoms in total. The number of amides is 1. The number of carbonyl (C=O) groups is 1. The number of aromatic nitrogens is 1. The summed E-state index contributed by atoms with van der Waals surface area (Å²) < 4.78 is 6.50. The fraction of sp³-hybridized carbons (Fsp3) is 0.353. The van der Waals surface area contributed by atoms with Gasteiger partial charge in [0.2, 0.25) is 0 Å². The topological polar surface area (TPSA) is 65.6 Å². The van der Waals surface area contributed by atoms with Gasteiger partial charge >= 0.3 is 0 Å². The molecule has 0 spiro atoms. The number of hydrogen-bond acceptors (Lipinski definition) is 3. The predicted molar refractivity (Wildman–Crippen MR) is 90.3 cm³/mol. The molecule has 1 aromatic heterocycles. The molecule has 6 heteroatoms. The van der Waals surface area contributed by atoms with Crippen molar-refractivity contribution in [3.05, 3.63) is 52.3 Å². The van der Waals surface area contributed by atoms with Gasteiger partial charge in [-0.1, -0.05) is 18.2 Å². The van der Waals surface area contributed by atoms with Gasteiger partial charge in [0.15, 0.2) is 0 Å². The van der Waals surface area contributed by atoms with Gasteiger partial charge in [-0.2, -0.15) is 0 Å². The number of para-hydroxylation sites is 1. The van der Waals surface area contributed by atoms with E-state index in [1.54, 1.807) is 29.3 Å². The Morgan fingerprint density at radius 1 is 1.43 bits per heavy atom. The van der Waals surface area contributed by atoms with Crippen molar-refractivity contribution in [1.82, 2.24) is 9.88 Å². The van der Waals surface area contributed by atoms with Crippen LogP contribution in [0.4, 0.5) is 0 Å². The largest absolute Gasteiger partial charge is 0.508 e. The van der Waals surface area contributed by atoms with Gasteiger partial charge in [-0.05, 0) is 40.9 Å². The molecule has 122 valence electrons. The Bertz CT molecular complexity index is 680. The molecule has 2 heterocycles. The Balaban J connectivity index is 1.80. The van der Waals surface area contributed by atoms with Crippen molar-refractivity contribution in [3.8, 4) is 5.75 Å². The highest BCUT2D eigenvalue weighted by atomic mass is 79.9. The molecule has 1 saturated heterocycles. The van der Waals surface area contributed by atoms with E-state index in [2.05, 4.69) is 20.9 Å². The summed E-state index contributed by atoms with van der Waals surface area (Å²) >= 11 is 3.35. The second-order valence-electron chi connectivity index (χ2n) is 5.68. The van der Waals surface area contributed by atoms with Crippen LogP contribution in [0.25, 0.3) is 0 Å². The molecule has 23 heavy (non-hydrogen) atoms. The molecule has 0 radical (unpaired) electrons. The van der Waals surface area contributed by atoms with Crippen molar-refractivity contribution in [3.63, 3.8) is 0 Å². The molecule has 1 amide bonds. The van der Waals surface area contributed by atoms with E-state index >= 15 is 0 Å². The van der Waals surface area contributed by atoms with Crippen LogP contribution in [0.3, 0.4) is 0 Å². The van der Waals surface area contributed by atoms with Crippen molar-refractivity contribution in [2.45, 2.75) is 25.5 Å². The number of ether oxygens (including phenoxy) is 1. The second kappa shape index (κ2) is 7.19. The Labute approximate surface area is 143 Å². The fourth-order valence-electron chi connectivity index (χ4n) is 2.77. The van der Waals surface area contributed by atoms with Crippen molar-refractivity contribution in [1.29, 1.82) is 0 Å². The third-order valence-corrected chi connectivity index (χ3v) is 4.42. The molecule has 0 saturated carbocycles. The number of nitrogens with zero attached hydrogens (tertiary/aromatic N) is 1. The van der Waals surface area contributed by atoms with Gasteiger partial charge in [0.05, 0.1) is 6.10 Å². The zero-order valence-corrected chi connectivity index (χ0v) is 14.3. The summed E-state index contributed by atoms with van der Waals surface area (Å²) in [6, 6.07) is 8.85. The summed E-state index contributed by atoms with van der Waals surface area (Å²) in [7, 11) is 0. The first-order valence-corrected chi connectivity index (χ1v) is 8.44. The van der Waals surface area contributed by atoms with E-state index in [1.807, 2.05) is 12.1 Å². The molecule has 0 bridgehead atoms. The van der Waals surface area contributed by atoms with Crippen LogP contribution in [0.5, 0.6) is 5.75 Å². The number of aromatic amines is 1. The summed E-state index contributed by atoms with van der Waals surface area (Å²) in [5.74, 6) is 0.0970. The van der Waals surface area contributed by atoms with Crippen LogP contribution in [-0.2, 0) is 11.3 Å². The minimum absolute atomic E-state index is 0.0585. The highest BCUT2D eigenvalue weighted by molar-refractivity contribution is 9.10. The molecular formula is C17H19BrN2O3. The number of phenolic OH excluding ortho intramolecular Hbond substituents is 1. The van der Waals surface area contributed by atoms with Crippen LogP contribution in [0.15, 0.2) is 41.0 Å². The van der Waals surface area contributed by atoms with Gasteiger partial charge in [0, 0.05) is 35.9 Å². The monoisotopic (exact) mass is 378 g/mol. The molecule has 1 aromatic carbocycles. The van der Waals surface area contributed by atoms with Crippen molar-refractivity contribution in [2.24, 2.45) is 0 Å². The normalized spacial score (nSPS) is 17.3. The van der Waals surface area contributed by atoms with Gasteiger partial charge in [-0.25, -0.2) is 0 Å². The third-order valence-electron chi connectivity index (χ3n) is 3.97. The van der Waals surface area contributed by atoms with E-state index in [0.717, 1.165) is 29.5 Å². The highest BCUT2D eigenvalue weighted by Gasteiger charge is 2.25. The first-order valence-electron chi connectivity index (χ1n) is 7.65. The maximum absolute atomic E-state index is 12.8. The Morgan fingerprint density at radius 2 is 2.26 bits per heavy atom. The Morgan fingerprint density at radius 3 is 2.91 bits per heavy atom. The summed E-state index contributed by atoms with van der Waals surface area (Å²) in [5, 5.41) is 9.99. The lowest BCUT2D eigenvalue weighted by Gasteiger charge is -2.25. The van der Waals surface area contributed by atoms with Gasteiger partial charge in [0.25, 0.3) is 5.91 Å². The molecule has 1 unspecified atom stereocenters. The van der Waals surface area contributed by atoms with E-state index in [-0.39, 0.29) is 17.8 Å². The predicted octanol–water partition coefficient (Wildman–Crippen LogP) is 3.30. The summed E-state index contributed by atoms with van der Waals surface area (Å²) in [6.45, 7) is 1.61. The minimum atomic E-state index is -0.102. The average molecular weight is 379 g/mol. The lowest BCUT2D eigenvalue weighted by molar-refractivity contribution is 0.0502. The number of phenols is 1. The standard InChI is InChI=1S/C17H19BrN2O3/c18-13-8-15(19-9-13)17(22)20(11-14-5-3-7-23-14)10-12-4-1-2-6-16(12)21/h1-2,4,6,8-9,14,19,21H,3,5,7,10-11H2. The number of nitrogens with one attached hydrogen (secondary N) is 1. The lowest BCUT2D eigenvalue weighted by atomic mass is 10.1. The molecule has 2 aromatic rings. The molecule has 3 rings (SSSR count). The number of aromatic hydroxyl groups is 1. The summed E-state index contributed by atoms with van der Waals surface area (Å²) in [6.07, 6.45) is 3.77. The van der Waals surface area contributed by atoms with Crippen LogP contribution in [0, 0.1) is 0 Å². The van der Waals surface area contributed by atoms with Crippen LogP contribution >= 0.6 is 15.9 Å². The van der Waals surface area contributed by atoms with Crippen LogP contribution in [0.2, 0.25) is 0 Å². The third kappa shape index (κ3) is 3.95. The second-order valence-corrected chi connectivity index (χ2v) is 6.60. The number of rotatable bonds is 5. The molecular weight excluding hydrogens is 360 g/mol. The number of hydrogen-bond donors (Lipinski definition) is 2.